The Morgan fingerprint density at radius 1 is 1.17 bits per heavy atom. The molecule has 1 aliphatic heterocycles. The zero-order chi connectivity index (χ0) is 20.9. The van der Waals surface area contributed by atoms with Crippen LogP contribution in [0.2, 0.25) is 0 Å². The van der Waals surface area contributed by atoms with Crippen LogP contribution in [0, 0.1) is 5.82 Å². The van der Waals surface area contributed by atoms with Crippen molar-refractivity contribution in [3.63, 3.8) is 0 Å². The Morgan fingerprint density at radius 3 is 2.70 bits per heavy atom. The van der Waals surface area contributed by atoms with Crippen LogP contribution in [0.4, 0.5) is 4.39 Å². The van der Waals surface area contributed by atoms with Crippen molar-refractivity contribution in [2.24, 2.45) is 0 Å². The molecule has 2 heterocycles. The smallest absolute Gasteiger partial charge is 0.230 e. The number of carbonyl (C=O) groups excluding carboxylic acids is 1. The third-order valence-corrected chi connectivity index (χ3v) is 5.11. The van der Waals surface area contributed by atoms with Gasteiger partial charge in [0.1, 0.15) is 18.2 Å². The number of rotatable bonds is 7. The first-order chi connectivity index (χ1) is 14.7. The zero-order valence-corrected chi connectivity index (χ0v) is 16.7. The number of nitrogens with zero attached hydrogens (tertiary/aromatic N) is 3. The van der Waals surface area contributed by atoms with Crippen LogP contribution in [0.5, 0.6) is 11.5 Å². The Hall–Kier alpha value is -3.42. The highest BCUT2D eigenvalue weighted by atomic mass is 19.1. The zero-order valence-electron chi connectivity index (χ0n) is 16.7. The Balaban J connectivity index is 1.38. The highest BCUT2D eigenvalue weighted by Gasteiger charge is 2.30. The summed E-state index contributed by atoms with van der Waals surface area (Å²) in [5, 5.41) is 11.4. The van der Waals surface area contributed by atoms with E-state index in [-0.39, 0.29) is 17.6 Å². The van der Waals surface area contributed by atoms with Crippen LogP contribution in [-0.2, 0) is 11.3 Å². The van der Waals surface area contributed by atoms with Crippen molar-refractivity contribution in [1.82, 2.24) is 20.1 Å². The quantitative estimate of drug-likeness (QED) is 0.606. The second-order valence-corrected chi connectivity index (χ2v) is 7.03. The SMILES string of the molecule is COc1ccccc1OCCNC(=O)C1CCCn2c(-c3ccc(F)cc3)nnc21. The molecule has 3 aromatic rings. The summed E-state index contributed by atoms with van der Waals surface area (Å²) in [6, 6.07) is 13.5. The molecule has 0 radical (unpaired) electrons. The van der Waals surface area contributed by atoms with Gasteiger partial charge in [-0.25, -0.2) is 4.39 Å². The van der Waals surface area contributed by atoms with Gasteiger partial charge in [0.2, 0.25) is 5.91 Å². The summed E-state index contributed by atoms with van der Waals surface area (Å²) in [5.74, 6) is 1.81. The number of halogens is 1. The normalized spacial score (nSPS) is 15.3. The van der Waals surface area contributed by atoms with Crippen molar-refractivity contribution in [3.8, 4) is 22.9 Å². The fraction of sp³-hybridized carbons (Fsp3) is 0.318. The lowest BCUT2D eigenvalue weighted by atomic mass is 9.97. The number of ether oxygens (including phenoxy) is 2. The number of carbonyl (C=O) groups is 1. The van der Waals surface area contributed by atoms with Crippen molar-refractivity contribution >= 4 is 5.91 Å². The summed E-state index contributed by atoms with van der Waals surface area (Å²) in [7, 11) is 1.59. The number of hydrogen-bond donors (Lipinski definition) is 1. The molecule has 7 nitrogen and oxygen atoms in total. The van der Waals surface area contributed by atoms with Gasteiger partial charge in [-0.1, -0.05) is 12.1 Å². The second-order valence-electron chi connectivity index (χ2n) is 7.03. The maximum absolute atomic E-state index is 13.2. The van der Waals surface area contributed by atoms with Gasteiger partial charge in [0.25, 0.3) is 0 Å². The van der Waals surface area contributed by atoms with Crippen LogP contribution >= 0.6 is 0 Å². The lowest BCUT2D eigenvalue weighted by Gasteiger charge is -2.23. The minimum atomic E-state index is -0.369. The van der Waals surface area contributed by atoms with Gasteiger partial charge in [-0.2, -0.15) is 0 Å². The van der Waals surface area contributed by atoms with E-state index in [1.54, 1.807) is 19.2 Å². The number of para-hydroxylation sites is 2. The second kappa shape index (κ2) is 8.94. The van der Waals surface area contributed by atoms with E-state index in [0.29, 0.717) is 42.7 Å². The first-order valence-corrected chi connectivity index (χ1v) is 9.90. The van der Waals surface area contributed by atoms with E-state index in [2.05, 4.69) is 15.5 Å². The van der Waals surface area contributed by atoms with Crippen molar-refractivity contribution in [3.05, 3.63) is 60.2 Å². The fourth-order valence-corrected chi connectivity index (χ4v) is 3.63. The predicted molar refractivity (Wildman–Crippen MR) is 109 cm³/mol. The Kier molecular flexibility index (Phi) is 5.92. The summed E-state index contributed by atoms with van der Waals surface area (Å²) in [6.07, 6.45) is 1.55. The Morgan fingerprint density at radius 2 is 1.93 bits per heavy atom. The van der Waals surface area contributed by atoms with E-state index in [1.807, 2.05) is 28.8 Å². The van der Waals surface area contributed by atoms with E-state index in [9.17, 15) is 9.18 Å². The average Bonchev–Trinajstić information content (AvgIpc) is 3.21. The topological polar surface area (TPSA) is 78.3 Å². The van der Waals surface area contributed by atoms with Crippen LogP contribution in [0.25, 0.3) is 11.4 Å². The summed E-state index contributed by atoms with van der Waals surface area (Å²) in [6.45, 7) is 1.43. The number of benzene rings is 2. The number of fused-ring (bicyclic) bond motifs is 1. The van der Waals surface area contributed by atoms with Crippen LogP contribution < -0.4 is 14.8 Å². The largest absolute Gasteiger partial charge is 0.493 e. The maximum atomic E-state index is 13.2. The van der Waals surface area contributed by atoms with Gasteiger partial charge < -0.3 is 19.4 Å². The minimum absolute atomic E-state index is 0.0994. The van der Waals surface area contributed by atoms with Gasteiger partial charge in [0.15, 0.2) is 17.3 Å². The molecule has 1 aliphatic rings. The van der Waals surface area contributed by atoms with Gasteiger partial charge in [-0.3, -0.25) is 4.79 Å². The van der Waals surface area contributed by atoms with Gasteiger partial charge >= 0.3 is 0 Å². The molecule has 1 N–H and O–H groups in total. The molecule has 0 saturated heterocycles. The third kappa shape index (κ3) is 4.12. The monoisotopic (exact) mass is 410 g/mol. The van der Waals surface area contributed by atoms with E-state index >= 15 is 0 Å². The van der Waals surface area contributed by atoms with Crippen molar-refractivity contribution in [1.29, 1.82) is 0 Å². The molecule has 0 bridgehead atoms. The van der Waals surface area contributed by atoms with Gasteiger partial charge in [0.05, 0.1) is 19.6 Å². The molecule has 0 aliphatic carbocycles. The third-order valence-electron chi connectivity index (χ3n) is 5.11. The first kappa shape index (κ1) is 19.9. The molecule has 1 aromatic heterocycles. The van der Waals surface area contributed by atoms with Crippen molar-refractivity contribution in [2.45, 2.75) is 25.3 Å². The standard InChI is InChI=1S/C22H23FN4O3/c1-29-18-6-2-3-7-19(18)30-14-12-24-22(28)17-5-4-13-27-20(25-26-21(17)27)15-8-10-16(23)11-9-15/h2-3,6-11,17H,4-5,12-14H2,1H3,(H,24,28). The van der Waals surface area contributed by atoms with Gasteiger partial charge in [-0.05, 0) is 49.2 Å². The van der Waals surface area contributed by atoms with E-state index < -0.39 is 0 Å². The molecule has 156 valence electrons. The molecule has 1 unspecified atom stereocenters. The minimum Gasteiger partial charge on any atom is -0.493 e. The lowest BCUT2D eigenvalue weighted by molar-refractivity contribution is -0.123. The highest BCUT2D eigenvalue weighted by molar-refractivity contribution is 5.83. The number of hydrogen-bond acceptors (Lipinski definition) is 5. The van der Waals surface area contributed by atoms with Crippen molar-refractivity contribution < 1.29 is 18.7 Å². The highest BCUT2D eigenvalue weighted by Crippen LogP contribution is 2.30. The van der Waals surface area contributed by atoms with Crippen LogP contribution in [-0.4, -0.2) is 40.9 Å². The fourth-order valence-electron chi connectivity index (χ4n) is 3.63. The first-order valence-electron chi connectivity index (χ1n) is 9.90. The van der Waals surface area contributed by atoms with Gasteiger partial charge in [0, 0.05) is 12.1 Å². The summed E-state index contributed by atoms with van der Waals surface area (Å²) in [5.41, 5.74) is 0.779. The van der Waals surface area contributed by atoms with E-state index in [0.717, 1.165) is 18.5 Å². The molecular formula is C22H23FN4O3. The summed E-state index contributed by atoms with van der Waals surface area (Å²) in [4.78, 5) is 12.8. The number of nitrogens with one attached hydrogen (secondary N) is 1. The summed E-state index contributed by atoms with van der Waals surface area (Å²) < 4.78 is 26.1. The molecule has 0 fully saturated rings. The predicted octanol–water partition coefficient (Wildman–Crippen LogP) is 3.17. The van der Waals surface area contributed by atoms with Crippen LogP contribution in [0.15, 0.2) is 48.5 Å². The summed E-state index contributed by atoms with van der Waals surface area (Å²) >= 11 is 0. The Labute approximate surface area is 173 Å². The average molecular weight is 410 g/mol. The molecule has 1 amide bonds. The lowest BCUT2D eigenvalue weighted by Crippen LogP contribution is -2.35. The molecule has 0 saturated carbocycles. The number of aromatic nitrogens is 3. The van der Waals surface area contributed by atoms with Gasteiger partial charge in [-0.15, -0.1) is 10.2 Å². The molecule has 8 heteroatoms. The van der Waals surface area contributed by atoms with E-state index in [4.69, 9.17) is 9.47 Å². The molecule has 30 heavy (non-hydrogen) atoms. The molecule has 1 atom stereocenters. The van der Waals surface area contributed by atoms with Crippen LogP contribution in [0.1, 0.15) is 24.6 Å². The molecule has 4 rings (SSSR count). The van der Waals surface area contributed by atoms with E-state index in [1.165, 1.54) is 12.1 Å². The molecule has 0 spiro atoms. The van der Waals surface area contributed by atoms with Crippen molar-refractivity contribution in [2.75, 3.05) is 20.3 Å². The maximum Gasteiger partial charge on any atom is 0.230 e. The molecular weight excluding hydrogens is 387 g/mol. The number of amides is 1. The van der Waals surface area contributed by atoms with Crippen LogP contribution in [0.3, 0.4) is 0 Å². The molecule has 2 aromatic carbocycles. The Bertz CT molecular complexity index is 1020. The number of methoxy groups -OCH3 is 1.